The number of hydrogen-bond donors (Lipinski definition) is 0. The van der Waals surface area contributed by atoms with Crippen LogP contribution in [0.1, 0.15) is 108 Å². The molecular weight excluding hydrogens is 416 g/mol. The summed E-state index contributed by atoms with van der Waals surface area (Å²) in [6.07, 6.45) is 19.4. The second-order valence-corrected chi connectivity index (χ2v) is 9.82. The molecule has 0 saturated heterocycles. The van der Waals surface area contributed by atoms with Crippen LogP contribution < -0.4 is 4.74 Å². The van der Waals surface area contributed by atoms with E-state index in [0.29, 0.717) is 6.61 Å². The van der Waals surface area contributed by atoms with Crippen LogP contribution in [0.25, 0.3) is 11.0 Å². The van der Waals surface area contributed by atoms with E-state index in [1.54, 1.807) is 0 Å². The molecule has 0 unspecified atom stereocenters. The van der Waals surface area contributed by atoms with Gasteiger partial charge in [-0.25, -0.2) is 4.98 Å². The number of rotatable bonds is 18. The Hall–Kier alpha value is -2.29. The van der Waals surface area contributed by atoms with Gasteiger partial charge in [-0.05, 0) is 37.1 Å². The lowest BCUT2D eigenvalue weighted by Crippen LogP contribution is -2.08. The highest BCUT2D eigenvalue weighted by Gasteiger charge is 2.11. The van der Waals surface area contributed by atoms with Gasteiger partial charge in [0.05, 0.1) is 11.0 Å². The zero-order chi connectivity index (χ0) is 23.8. The van der Waals surface area contributed by atoms with Crippen LogP contribution in [0, 0.1) is 6.92 Å². The molecule has 0 fully saturated rings. The van der Waals surface area contributed by atoms with Crippen molar-refractivity contribution in [3.05, 3.63) is 59.9 Å². The quantitative estimate of drug-likeness (QED) is 0.176. The molecule has 0 aliphatic rings. The SMILES string of the molecule is CCCCCCCCCCCCCCCCn1c(COc2ccccc2C)nc2ccccc21. The van der Waals surface area contributed by atoms with Gasteiger partial charge in [0.2, 0.25) is 0 Å². The molecule has 34 heavy (non-hydrogen) atoms. The van der Waals surface area contributed by atoms with Crippen molar-refractivity contribution in [1.82, 2.24) is 9.55 Å². The lowest BCUT2D eigenvalue weighted by Gasteiger charge is -2.12. The first kappa shape index (κ1) is 26.3. The van der Waals surface area contributed by atoms with Crippen molar-refractivity contribution < 1.29 is 4.74 Å². The molecule has 3 heteroatoms. The molecule has 2 aromatic carbocycles. The highest BCUT2D eigenvalue weighted by atomic mass is 16.5. The molecule has 0 N–H and O–H groups in total. The normalized spacial score (nSPS) is 11.4. The largest absolute Gasteiger partial charge is 0.485 e. The van der Waals surface area contributed by atoms with Gasteiger partial charge in [-0.15, -0.1) is 0 Å². The van der Waals surface area contributed by atoms with Crippen LogP contribution in [0.5, 0.6) is 5.75 Å². The first-order chi connectivity index (χ1) is 16.8. The maximum absolute atomic E-state index is 6.13. The van der Waals surface area contributed by atoms with E-state index >= 15 is 0 Å². The maximum atomic E-state index is 6.13. The number of aromatic nitrogens is 2. The number of para-hydroxylation sites is 3. The molecule has 3 aromatic rings. The summed E-state index contributed by atoms with van der Waals surface area (Å²) in [6, 6.07) is 16.7. The number of unbranched alkanes of at least 4 members (excludes halogenated alkanes) is 13. The first-order valence-corrected chi connectivity index (χ1v) is 13.9. The molecule has 3 rings (SSSR count). The van der Waals surface area contributed by atoms with Gasteiger partial charge in [-0.2, -0.15) is 0 Å². The Kier molecular flexibility index (Phi) is 12.1. The summed E-state index contributed by atoms with van der Waals surface area (Å²) >= 11 is 0. The zero-order valence-electron chi connectivity index (χ0n) is 21.7. The molecule has 3 nitrogen and oxygen atoms in total. The number of hydrogen-bond acceptors (Lipinski definition) is 2. The van der Waals surface area contributed by atoms with Crippen LogP contribution in [-0.2, 0) is 13.2 Å². The smallest absolute Gasteiger partial charge is 0.147 e. The van der Waals surface area contributed by atoms with Gasteiger partial charge in [-0.1, -0.05) is 121 Å². The zero-order valence-corrected chi connectivity index (χ0v) is 21.7. The van der Waals surface area contributed by atoms with E-state index < -0.39 is 0 Å². The lowest BCUT2D eigenvalue weighted by atomic mass is 10.0. The third-order valence-corrected chi connectivity index (χ3v) is 6.92. The predicted molar refractivity (Wildman–Crippen MR) is 146 cm³/mol. The second-order valence-electron chi connectivity index (χ2n) is 9.82. The van der Waals surface area contributed by atoms with E-state index in [1.807, 2.05) is 18.2 Å². The molecule has 0 radical (unpaired) electrons. The van der Waals surface area contributed by atoms with Gasteiger partial charge < -0.3 is 9.30 Å². The van der Waals surface area contributed by atoms with E-state index in [4.69, 9.17) is 9.72 Å². The highest BCUT2D eigenvalue weighted by Crippen LogP contribution is 2.21. The van der Waals surface area contributed by atoms with Crippen molar-refractivity contribution in [3.63, 3.8) is 0 Å². The fraction of sp³-hybridized carbons (Fsp3) is 0.581. The molecule has 0 aliphatic carbocycles. The van der Waals surface area contributed by atoms with Crippen molar-refractivity contribution >= 4 is 11.0 Å². The molecular formula is C31H46N2O. The van der Waals surface area contributed by atoms with Crippen molar-refractivity contribution in [2.75, 3.05) is 0 Å². The Bertz CT molecular complexity index is 946. The summed E-state index contributed by atoms with van der Waals surface area (Å²) in [5.74, 6) is 1.97. The number of benzene rings is 2. The van der Waals surface area contributed by atoms with Crippen LogP contribution in [0.15, 0.2) is 48.5 Å². The minimum Gasteiger partial charge on any atom is -0.485 e. The summed E-state index contributed by atoms with van der Waals surface area (Å²) in [6.45, 7) is 5.91. The van der Waals surface area contributed by atoms with E-state index in [2.05, 4.69) is 48.7 Å². The minimum absolute atomic E-state index is 0.512. The fourth-order valence-electron chi connectivity index (χ4n) is 4.81. The van der Waals surface area contributed by atoms with E-state index in [1.165, 1.54) is 95.4 Å². The summed E-state index contributed by atoms with van der Waals surface area (Å²) in [5.41, 5.74) is 3.45. The first-order valence-electron chi connectivity index (χ1n) is 13.9. The topological polar surface area (TPSA) is 27.1 Å². The van der Waals surface area contributed by atoms with Crippen molar-refractivity contribution in [3.8, 4) is 5.75 Å². The fourth-order valence-corrected chi connectivity index (χ4v) is 4.81. The Labute approximate surface area is 207 Å². The third-order valence-electron chi connectivity index (χ3n) is 6.92. The molecule has 0 amide bonds. The Morgan fingerprint density at radius 3 is 1.88 bits per heavy atom. The van der Waals surface area contributed by atoms with Crippen LogP contribution in [0.2, 0.25) is 0 Å². The molecule has 0 saturated carbocycles. The van der Waals surface area contributed by atoms with Crippen molar-refractivity contribution in [2.45, 2.75) is 117 Å². The summed E-state index contributed by atoms with van der Waals surface area (Å²) in [4.78, 5) is 4.88. The predicted octanol–water partition coefficient (Wildman–Crippen LogP) is 9.41. The lowest BCUT2D eigenvalue weighted by molar-refractivity contribution is 0.287. The average molecular weight is 463 g/mol. The van der Waals surface area contributed by atoms with Gasteiger partial charge in [0.25, 0.3) is 0 Å². The summed E-state index contributed by atoms with van der Waals surface area (Å²) in [7, 11) is 0. The van der Waals surface area contributed by atoms with Gasteiger partial charge in [0.1, 0.15) is 18.2 Å². The monoisotopic (exact) mass is 462 g/mol. The van der Waals surface area contributed by atoms with Crippen LogP contribution in [0.3, 0.4) is 0 Å². The maximum Gasteiger partial charge on any atom is 0.147 e. The van der Waals surface area contributed by atoms with Gasteiger partial charge >= 0.3 is 0 Å². The van der Waals surface area contributed by atoms with E-state index in [0.717, 1.165) is 29.2 Å². The number of fused-ring (bicyclic) bond motifs is 1. The van der Waals surface area contributed by atoms with Crippen LogP contribution >= 0.6 is 0 Å². The Balaban J connectivity index is 1.34. The third kappa shape index (κ3) is 8.81. The van der Waals surface area contributed by atoms with Crippen molar-refractivity contribution in [1.29, 1.82) is 0 Å². The molecule has 186 valence electrons. The average Bonchev–Trinajstić information content (AvgIpc) is 3.21. The number of nitrogens with zero attached hydrogens (tertiary/aromatic N) is 2. The summed E-state index contributed by atoms with van der Waals surface area (Å²) in [5, 5.41) is 0. The second kappa shape index (κ2) is 15.6. The Morgan fingerprint density at radius 2 is 1.24 bits per heavy atom. The molecule has 0 bridgehead atoms. The standard InChI is InChI=1S/C31H46N2O/c1-3-4-5-6-7-8-9-10-11-12-13-14-15-20-25-33-29-23-18-17-22-28(29)32-31(33)26-34-30-24-19-16-21-27(30)2/h16-19,21-24H,3-15,20,25-26H2,1-2H3. The van der Waals surface area contributed by atoms with Gasteiger partial charge in [0, 0.05) is 6.54 Å². The van der Waals surface area contributed by atoms with E-state index in [9.17, 15) is 0 Å². The van der Waals surface area contributed by atoms with Gasteiger partial charge in [-0.3, -0.25) is 0 Å². The van der Waals surface area contributed by atoms with E-state index in [-0.39, 0.29) is 0 Å². The van der Waals surface area contributed by atoms with Crippen molar-refractivity contribution in [2.24, 2.45) is 0 Å². The van der Waals surface area contributed by atoms with Crippen LogP contribution in [-0.4, -0.2) is 9.55 Å². The van der Waals surface area contributed by atoms with Gasteiger partial charge in [0.15, 0.2) is 0 Å². The molecule has 0 aliphatic heterocycles. The molecule has 1 heterocycles. The Morgan fingerprint density at radius 1 is 0.676 bits per heavy atom. The van der Waals surface area contributed by atoms with Crippen LogP contribution in [0.4, 0.5) is 0 Å². The number of imidazole rings is 1. The molecule has 0 spiro atoms. The molecule has 1 aromatic heterocycles. The highest BCUT2D eigenvalue weighted by molar-refractivity contribution is 5.75. The summed E-state index contributed by atoms with van der Waals surface area (Å²) < 4.78 is 8.50. The number of ether oxygens (including phenoxy) is 1. The number of aryl methyl sites for hydroxylation is 2. The molecule has 0 atom stereocenters. The minimum atomic E-state index is 0.512.